The SMILES string of the molecule is CN(CC(=O)Nc1ccccc1C(F)(F)F)C(=O)CNC(=O)NCc1ccc(F)cc1. The minimum Gasteiger partial charge on any atom is -0.335 e. The van der Waals surface area contributed by atoms with Gasteiger partial charge in [0.25, 0.3) is 0 Å². The van der Waals surface area contributed by atoms with E-state index in [0.29, 0.717) is 5.56 Å². The first-order valence-corrected chi connectivity index (χ1v) is 9.02. The second-order valence-electron chi connectivity index (χ2n) is 6.50. The van der Waals surface area contributed by atoms with Crippen molar-refractivity contribution >= 4 is 23.5 Å². The van der Waals surface area contributed by atoms with E-state index in [1.165, 1.54) is 43.4 Å². The summed E-state index contributed by atoms with van der Waals surface area (Å²) in [5.41, 5.74) is -0.772. The highest BCUT2D eigenvalue weighted by Gasteiger charge is 2.33. The number of carbonyl (C=O) groups is 3. The molecule has 0 heterocycles. The van der Waals surface area contributed by atoms with Gasteiger partial charge in [0.2, 0.25) is 11.8 Å². The van der Waals surface area contributed by atoms with E-state index < -0.39 is 54.2 Å². The third-order valence-corrected chi connectivity index (χ3v) is 4.08. The Morgan fingerprint density at radius 1 is 0.968 bits per heavy atom. The lowest BCUT2D eigenvalue weighted by atomic mass is 10.1. The Bertz CT molecular complexity index is 933. The molecule has 2 rings (SSSR count). The van der Waals surface area contributed by atoms with Crippen molar-refractivity contribution in [2.75, 3.05) is 25.5 Å². The number of rotatable bonds is 7. The van der Waals surface area contributed by atoms with Gasteiger partial charge in [0.05, 0.1) is 24.3 Å². The van der Waals surface area contributed by atoms with Crippen LogP contribution in [0.5, 0.6) is 0 Å². The van der Waals surface area contributed by atoms with E-state index in [1.54, 1.807) is 0 Å². The standard InChI is InChI=1S/C20H20F4N4O3/c1-28(12-17(29)27-16-5-3-2-4-15(16)20(22,23)24)18(30)11-26-19(31)25-10-13-6-8-14(21)9-7-13/h2-9H,10-12H2,1H3,(H,27,29)(H2,25,26,31). The van der Waals surface area contributed by atoms with Crippen LogP contribution in [0.4, 0.5) is 28.0 Å². The minimum atomic E-state index is -4.64. The molecular weight excluding hydrogens is 420 g/mol. The fourth-order valence-electron chi connectivity index (χ4n) is 2.47. The maximum absolute atomic E-state index is 13.0. The molecule has 0 spiro atoms. The summed E-state index contributed by atoms with van der Waals surface area (Å²) in [6.45, 7) is -0.834. The van der Waals surface area contributed by atoms with E-state index in [4.69, 9.17) is 0 Å². The molecule has 3 N–H and O–H groups in total. The molecule has 0 saturated carbocycles. The normalized spacial score (nSPS) is 10.9. The summed E-state index contributed by atoms with van der Waals surface area (Å²) in [6, 6.07) is 9.28. The number of hydrogen-bond donors (Lipinski definition) is 3. The quantitative estimate of drug-likeness (QED) is 0.579. The first kappa shape index (κ1) is 23.6. The fourth-order valence-corrected chi connectivity index (χ4v) is 2.47. The average molecular weight is 440 g/mol. The Balaban J connectivity index is 1.78. The maximum atomic E-state index is 13.0. The van der Waals surface area contributed by atoms with Gasteiger partial charge >= 0.3 is 12.2 Å². The molecule has 0 aromatic heterocycles. The van der Waals surface area contributed by atoms with E-state index in [0.717, 1.165) is 17.0 Å². The van der Waals surface area contributed by atoms with Gasteiger partial charge in [-0.3, -0.25) is 9.59 Å². The van der Waals surface area contributed by atoms with Crippen molar-refractivity contribution in [2.45, 2.75) is 12.7 Å². The molecule has 0 saturated heterocycles. The van der Waals surface area contributed by atoms with Gasteiger partial charge in [0.15, 0.2) is 0 Å². The molecule has 4 amide bonds. The minimum absolute atomic E-state index is 0.108. The number of likely N-dealkylation sites (N-methyl/N-ethyl adjacent to an activating group) is 1. The number of benzene rings is 2. The molecule has 0 atom stereocenters. The van der Waals surface area contributed by atoms with Crippen LogP contribution in [0.1, 0.15) is 11.1 Å². The van der Waals surface area contributed by atoms with Gasteiger partial charge in [-0.05, 0) is 29.8 Å². The van der Waals surface area contributed by atoms with E-state index in [-0.39, 0.29) is 6.54 Å². The van der Waals surface area contributed by atoms with Crippen LogP contribution in [0.25, 0.3) is 0 Å². The molecule has 31 heavy (non-hydrogen) atoms. The van der Waals surface area contributed by atoms with E-state index in [2.05, 4.69) is 16.0 Å². The number of carbonyl (C=O) groups excluding carboxylic acids is 3. The van der Waals surface area contributed by atoms with E-state index in [9.17, 15) is 31.9 Å². The molecular formula is C20H20F4N4O3. The van der Waals surface area contributed by atoms with Gasteiger partial charge in [-0.25, -0.2) is 9.18 Å². The number of urea groups is 1. The average Bonchev–Trinajstić information content (AvgIpc) is 2.71. The Kier molecular flexibility index (Phi) is 7.94. The van der Waals surface area contributed by atoms with Crippen LogP contribution in [-0.4, -0.2) is 42.9 Å². The third kappa shape index (κ3) is 7.61. The van der Waals surface area contributed by atoms with Crippen molar-refractivity contribution in [1.29, 1.82) is 0 Å². The molecule has 2 aromatic rings. The highest BCUT2D eigenvalue weighted by Crippen LogP contribution is 2.34. The van der Waals surface area contributed by atoms with Crippen LogP contribution in [0, 0.1) is 5.82 Å². The van der Waals surface area contributed by atoms with Crippen LogP contribution in [-0.2, 0) is 22.3 Å². The Morgan fingerprint density at radius 2 is 1.61 bits per heavy atom. The Morgan fingerprint density at radius 3 is 2.26 bits per heavy atom. The van der Waals surface area contributed by atoms with Gasteiger partial charge in [-0.2, -0.15) is 13.2 Å². The lowest BCUT2D eigenvalue weighted by Gasteiger charge is -2.18. The van der Waals surface area contributed by atoms with Crippen LogP contribution < -0.4 is 16.0 Å². The lowest BCUT2D eigenvalue weighted by Crippen LogP contribution is -2.44. The smallest absolute Gasteiger partial charge is 0.335 e. The highest BCUT2D eigenvalue weighted by molar-refractivity contribution is 5.95. The first-order chi connectivity index (χ1) is 14.6. The van der Waals surface area contributed by atoms with Crippen LogP contribution in [0.15, 0.2) is 48.5 Å². The van der Waals surface area contributed by atoms with Gasteiger partial charge in [-0.1, -0.05) is 24.3 Å². The summed E-state index contributed by atoms with van der Waals surface area (Å²) >= 11 is 0. The lowest BCUT2D eigenvalue weighted by molar-refractivity contribution is -0.137. The van der Waals surface area contributed by atoms with E-state index >= 15 is 0 Å². The zero-order valence-electron chi connectivity index (χ0n) is 16.4. The largest absolute Gasteiger partial charge is 0.418 e. The van der Waals surface area contributed by atoms with Gasteiger partial charge < -0.3 is 20.9 Å². The summed E-state index contributed by atoms with van der Waals surface area (Å²) in [7, 11) is 1.27. The molecule has 0 radical (unpaired) electrons. The zero-order valence-corrected chi connectivity index (χ0v) is 16.4. The number of nitrogens with zero attached hydrogens (tertiary/aromatic N) is 1. The number of hydrogen-bond acceptors (Lipinski definition) is 3. The predicted octanol–water partition coefficient (Wildman–Crippen LogP) is 2.74. The third-order valence-electron chi connectivity index (χ3n) is 4.08. The van der Waals surface area contributed by atoms with Crippen molar-refractivity contribution in [2.24, 2.45) is 0 Å². The number of para-hydroxylation sites is 1. The predicted molar refractivity (Wildman–Crippen MR) is 104 cm³/mol. The molecule has 0 aliphatic heterocycles. The second-order valence-corrected chi connectivity index (χ2v) is 6.50. The summed E-state index contributed by atoms with van der Waals surface area (Å²) < 4.78 is 51.8. The van der Waals surface area contributed by atoms with Crippen LogP contribution in [0.3, 0.4) is 0 Å². The topological polar surface area (TPSA) is 90.5 Å². The van der Waals surface area contributed by atoms with Crippen molar-refractivity contribution in [3.8, 4) is 0 Å². The Hall–Kier alpha value is -3.63. The van der Waals surface area contributed by atoms with Gasteiger partial charge in [-0.15, -0.1) is 0 Å². The summed E-state index contributed by atoms with van der Waals surface area (Å²) in [5, 5.41) is 6.91. The molecule has 11 heteroatoms. The van der Waals surface area contributed by atoms with Crippen molar-refractivity contribution in [1.82, 2.24) is 15.5 Å². The molecule has 0 unspecified atom stereocenters. The Labute approximate surface area is 175 Å². The molecule has 0 fully saturated rings. The molecule has 166 valence electrons. The maximum Gasteiger partial charge on any atom is 0.418 e. The zero-order chi connectivity index (χ0) is 23.0. The second kappa shape index (κ2) is 10.4. The molecule has 0 aliphatic carbocycles. The number of amides is 4. The number of alkyl halides is 3. The van der Waals surface area contributed by atoms with Crippen molar-refractivity contribution in [3.63, 3.8) is 0 Å². The van der Waals surface area contributed by atoms with Crippen molar-refractivity contribution in [3.05, 3.63) is 65.5 Å². The van der Waals surface area contributed by atoms with Crippen LogP contribution >= 0.6 is 0 Å². The van der Waals surface area contributed by atoms with Gasteiger partial charge in [0, 0.05) is 13.6 Å². The first-order valence-electron chi connectivity index (χ1n) is 9.02. The van der Waals surface area contributed by atoms with Crippen LogP contribution in [0.2, 0.25) is 0 Å². The highest BCUT2D eigenvalue weighted by atomic mass is 19.4. The summed E-state index contributed by atoms with van der Waals surface area (Å²) in [6.07, 6.45) is -4.64. The number of halogens is 4. The number of anilines is 1. The molecule has 0 aliphatic rings. The van der Waals surface area contributed by atoms with Gasteiger partial charge in [0.1, 0.15) is 5.82 Å². The van der Waals surface area contributed by atoms with E-state index in [1.807, 2.05) is 0 Å². The number of nitrogens with one attached hydrogen (secondary N) is 3. The fraction of sp³-hybridized carbons (Fsp3) is 0.250. The molecule has 2 aromatic carbocycles. The molecule has 0 bridgehead atoms. The summed E-state index contributed by atoms with van der Waals surface area (Å²) in [4.78, 5) is 36.8. The molecule has 7 nitrogen and oxygen atoms in total. The summed E-state index contributed by atoms with van der Waals surface area (Å²) in [5.74, 6) is -1.86. The monoisotopic (exact) mass is 440 g/mol. The van der Waals surface area contributed by atoms with Crippen molar-refractivity contribution < 1.29 is 31.9 Å².